The lowest BCUT2D eigenvalue weighted by Crippen LogP contribution is -2.27. The van der Waals surface area contributed by atoms with E-state index in [2.05, 4.69) is 5.32 Å². The number of hydrogen-bond donors (Lipinski definition) is 1. The molecule has 0 spiro atoms. The van der Waals surface area contributed by atoms with Crippen molar-refractivity contribution in [3.8, 4) is 0 Å². The highest BCUT2D eigenvalue weighted by Crippen LogP contribution is 2.28. The van der Waals surface area contributed by atoms with Gasteiger partial charge in [-0.1, -0.05) is 30.3 Å². The number of ether oxygens (including phenoxy) is 1. The van der Waals surface area contributed by atoms with E-state index in [1.54, 1.807) is 36.4 Å². The minimum absolute atomic E-state index is 0.204. The second-order valence-corrected chi connectivity index (χ2v) is 7.36. The Balaban J connectivity index is 2.32. The third kappa shape index (κ3) is 4.09. The van der Waals surface area contributed by atoms with Crippen molar-refractivity contribution in [1.29, 1.82) is 0 Å². The summed E-state index contributed by atoms with van der Waals surface area (Å²) in [5.74, 6) is -0.357. The molecule has 0 saturated heterocycles. The largest absolute Gasteiger partial charge is 0.379 e. The van der Waals surface area contributed by atoms with Crippen LogP contribution in [0, 0.1) is 5.82 Å². The van der Waals surface area contributed by atoms with E-state index in [1.807, 2.05) is 6.92 Å². The van der Waals surface area contributed by atoms with E-state index < -0.39 is 15.9 Å². The Morgan fingerprint density at radius 2 is 1.70 bits per heavy atom. The summed E-state index contributed by atoms with van der Waals surface area (Å²) in [5, 5.41) is 3.12. The van der Waals surface area contributed by atoms with Gasteiger partial charge in [-0.3, -0.25) is 0 Å². The molecule has 2 aromatic rings. The van der Waals surface area contributed by atoms with Crippen LogP contribution >= 0.6 is 0 Å². The Morgan fingerprint density at radius 1 is 1.09 bits per heavy atom. The summed E-state index contributed by atoms with van der Waals surface area (Å²) in [4.78, 5) is 0.204. The molecule has 0 heterocycles. The highest BCUT2D eigenvalue weighted by Gasteiger charge is 2.23. The molecule has 6 heteroatoms. The smallest absolute Gasteiger partial charge is 0.177 e. The van der Waals surface area contributed by atoms with Crippen molar-refractivity contribution < 1.29 is 17.5 Å². The van der Waals surface area contributed by atoms with Gasteiger partial charge in [0.25, 0.3) is 0 Å². The zero-order valence-corrected chi connectivity index (χ0v) is 14.1. The molecule has 0 bridgehead atoms. The number of anilines is 1. The van der Waals surface area contributed by atoms with Gasteiger partial charge in [-0.05, 0) is 25.1 Å². The van der Waals surface area contributed by atoms with Crippen molar-refractivity contribution in [2.24, 2.45) is 0 Å². The molecule has 0 fully saturated rings. The first kappa shape index (κ1) is 17.4. The minimum atomic E-state index is -3.36. The molecule has 0 aliphatic heterocycles. The molecule has 4 nitrogen and oxygen atoms in total. The van der Waals surface area contributed by atoms with Crippen molar-refractivity contribution in [2.75, 3.05) is 18.7 Å². The van der Waals surface area contributed by atoms with Gasteiger partial charge < -0.3 is 10.1 Å². The average Bonchev–Trinajstić information content (AvgIpc) is 2.49. The van der Waals surface area contributed by atoms with E-state index in [9.17, 15) is 12.8 Å². The lowest BCUT2D eigenvalue weighted by atomic mass is 10.0. The van der Waals surface area contributed by atoms with Crippen molar-refractivity contribution in [2.45, 2.75) is 24.0 Å². The van der Waals surface area contributed by atoms with Gasteiger partial charge in [0.1, 0.15) is 11.9 Å². The minimum Gasteiger partial charge on any atom is -0.379 e. The third-order valence-corrected chi connectivity index (χ3v) is 4.74. The summed E-state index contributed by atoms with van der Waals surface area (Å²) < 4.78 is 43.2. The highest BCUT2D eigenvalue weighted by atomic mass is 32.2. The van der Waals surface area contributed by atoms with E-state index in [4.69, 9.17) is 4.74 Å². The summed E-state index contributed by atoms with van der Waals surface area (Å²) in [6, 6.07) is 12.7. The quantitative estimate of drug-likeness (QED) is 0.877. The average molecular weight is 337 g/mol. The predicted molar refractivity (Wildman–Crippen MR) is 88.8 cm³/mol. The number of methoxy groups -OCH3 is 1. The monoisotopic (exact) mass is 337 g/mol. The Hall–Kier alpha value is -1.92. The van der Waals surface area contributed by atoms with E-state index >= 15 is 0 Å². The molecule has 124 valence electrons. The van der Waals surface area contributed by atoms with Crippen LogP contribution in [0.1, 0.15) is 18.6 Å². The maximum absolute atomic E-state index is 14.0. The van der Waals surface area contributed by atoms with Gasteiger partial charge in [-0.2, -0.15) is 0 Å². The molecule has 0 unspecified atom stereocenters. The van der Waals surface area contributed by atoms with E-state index in [0.717, 1.165) is 6.26 Å². The van der Waals surface area contributed by atoms with Crippen LogP contribution in [0.15, 0.2) is 53.4 Å². The van der Waals surface area contributed by atoms with Crippen LogP contribution in [-0.4, -0.2) is 27.8 Å². The second-order valence-electron chi connectivity index (χ2n) is 5.38. The molecule has 0 aromatic heterocycles. The zero-order valence-electron chi connectivity index (χ0n) is 13.3. The molecular formula is C17H20FNO3S. The van der Waals surface area contributed by atoms with Crippen molar-refractivity contribution in [3.63, 3.8) is 0 Å². The van der Waals surface area contributed by atoms with Crippen LogP contribution in [0.3, 0.4) is 0 Å². The SMILES string of the molecule is CO[C@@H](c1ccccc1F)[C@@H](C)Nc1ccccc1S(C)(=O)=O. The lowest BCUT2D eigenvalue weighted by molar-refractivity contribution is 0.0876. The van der Waals surface area contributed by atoms with Gasteiger partial charge in [0, 0.05) is 18.9 Å². The second kappa shape index (κ2) is 7.10. The van der Waals surface area contributed by atoms with Crippen molar-refractivity contribution in [1.82, 2.24) is 0 Å². The van der Waals surface area contributed by atoms with Gasteiger partial charge in [-0.15, -0.1) is 0 Å². The molecule has 1 N–H and O–H groups in total. The molecule has 2 rings (SSSR count). The van der Waals surface area contributed by atoms with Crippen LogP contribution in [0.25, 0.3) is 0 Å². The number of para-hydroxylation sites is 1. The van der Waals surface area contributed by atoms with Gasteiger partial charge in [-0.25, -0.2) is 12.8 Å². The molecule has 0 radical (unpaired) electrons. The topological polar surface area (TPSA) is 55.4 Å². The van der Waals surface area contributed by atoms with E-state index in [0.29, 0.717) is 11.3 Å². The van der Waals surface area contributed by atoms with Gasteiger partial charge in [0.05, 0.1) is 16.6 Å². The molecule has 0 amide bonds. The fourth-order valence-electron chi connectivity index (χ4n) is 2.54. The summed E-state index contributed by atoms with van der Waals surface area (Å²) >= 11 is 0. The predicted octanol–water partition coefficient (Wildman–Crippen LogP) is 3.42. The lowest BCUT2D eigenvalue weighted by Gasteiger charge is -2.26. The molecule has 23 heavy (non-hydrogen) atoms. The first-order chi connectivity index (χ1) is 10.8. The number of halogens is 1. The summed E-state index contributed by atoms with van der Waals surface area (Å²) in [6.45, 7) is 1.82. The van der Waals surface area contributed by atoms with Gasteiger partial charge in [0.2, 0.25) is 0 Å². The molecule has 0 aliphatic rings. The van der Waals surface area contributed by atoms with Gasteiger partial charge >= 0.3 is 0 Å². The fourth-order valence-corrected chi connectivity index (χ4v) is 3.39. The normalized spacial score (nSPS) is 14.3. The highest BCUT2D eigenvalue weighted by molar-refractivity contribution is 7.90. The molecule has 0 aliphatic carbocycles. The molecule has 2 aromatic carbocycles. The maximum Gasteiger partial charge on any atom is 0.177 e. The van der Waals surface area contributed by atoms with E-state index in [1.165, 1.54) is 19.2 Å². The van der Waals surface area contributed by atoms with Crippen LogP contribution in [0.5, 0.6) is 0 Å². The number of benzene rings is 2. The summed E-state index contributed by atoms with van der Waals surface area (Å²) in [7, 11) is -1.86. The summed E-state index contributed by atoms with van der Waals surface area (Å²) in [6.07, 6.45) is 0.604. The fraction of sp³-hybridized carbons (Fsp3) is 0.294. The first-order valence-corrected chi connectivity index (χ1v) is 9.06. The Bertz CT molecular complexity index is 777. The Morgan fingerprint density at radius 3 is 2.30 bits per heavy atom. The zero-order chi connectivity index (χ0) is 17.0. The molecule has 2 atom stereocenters. The van der Waals surface area contributed by atoms with Crippen molar-refractivity contribution in [3.05, 3.63) is 59.9 Å². The maximum atomic E-state index is 14.0. The third-order valence-electron chi connectivity index (χ3n) is 3.59. The standard InChI is InChI=1S/C17H20FNO3S/c1-12(17(22-2)13-8-4-5-9-14(13)18)19-15-10-6-7-11-16(15)23(3,20)21/h4-12,17,19H,1-3H3/t12-,17-/m1/s1. The van der Waals surface area contributed by atoms with Crippen LogP contribution < -0.4 is 5.32 Å². The summed E-state index contributed by atoms with van der Waals surface area (Å²) in [5.41, 5.74) is 0.896. The number of nitrogens with one attached hydrogen (secondary N) is 1. The van der Waals surface area contributed by atoms with E-state index in [-0.39, 0.29) is 16.8 Å². The Labute approximate surface area is 136 Å². The van der Waals surface area contributed by atoms with Crippen molar-refractivity contribution >= 4 is 15.5 Å². The van der Waals surface area contributed by atoms with Gasteiger partial charge in [0.15, 0.2) is 9.84 Å². The van der Waals surface area contributed by atoms with Crippen LogP contribution in [-0.2, 0) is 14.6 Å². The molecular weight excluding hydrogens is 317 g/mol. The number of hydrogen-bond acceptors (Lipinski definition) is 4. The Kier molecular flexibility index (Phi) is 5.38. The first-order valence-electron chi connectivity index (χ1n) is 7.17. The van der Waals surface area contributed by atoms with Crippen LogP contribution in [0.2, 0.25) is 0 Å². The van der Waals surface area contributed by atoms with Crippen LogP contribution in [0.4, 0.5) is 10.1 Å². The number of rotatable bonds is 6. The number of sulfone groups is 1. The molecule has 0 saturated carbocycles.